The van der Waals surface area contributed by atoms with Crippen LogP contribution in [0.2, 0.25) is 5.02 Å². The number of halogens is 1. The molecule has 3 nitrogen and oxygen atoms in total. The lowest BCUT2D eigenvalue weighted by atomic mass is 9.48. The summed E-state index contributed by atoms with van der Waals surface area (Å²) in [5, 5.41) is 0.885. The van der Waals surface area contributed by atoms with Gasteiger partial charge in [-0.25, -0.2) is 4.98 Å². The van der Waals surface area contributed by atoms with E-state index in [4.69, 9.17) is 17.3 Å². The Morgan fingerprint density at radius 2 is 1.79 bits per heavy atom. The molecule has 4 aliphatic rings. The van der Waals surface area contributed by atoms with Gasteiger partial charge in [-0.15, -0.1) is 0 Å². The smallest absolute Gasteiger partial charge is 0.141 e. The van der Waals surface area contributed by atoms with Crippen LogP contribution in [0.15, 0.2) is 30.7 Å². The van der Waals surface area contributed by atoms with Crippen molar-refractivity contribution in [2.24, 2.45) is 17.8 Å². The molecule has 0 saturated heterocycles. The third kappa shape index (κ3) is 2.36. The van der Waals surface area contributed by atoms with Crippen molar-refractivity contribution in [1.82, 2.24) is 9.55 Å². The van der Waals surface area contributed by atoms with Gasteiger partial charge in [0.2, 0.25) is 0 Å². The summed E-state index contributed by atoms with van der Waals surface area (Å²) in [6.45, 7) is 0.726. The SMILES string of the molecule is Nc1cn(Cc2ccc(C34CC5CC(CC(C5)C3)C4)cc2Cl)cn1. The number of nitrogens with zero attached hydrogens (tertiary/aromatic N) is 2. The number of hydrogen-bond acceptors (Lipinski definition) is 2. The maximum absolute atomic E-state index is 6.66. The number of rotatable bonds is 3. The van der Waals surface area contributed by atoms with Gasteiger partial charge in [0, 0.05) is 11.2 Å². The molecule has 0 amide bonds. The first-order valence-corrected chi connectivity index (χ1v) is 9.54. The Bertz CT molecular complexity index is 744. The lowest BCUT2D eigenvalue weighted by Crippen LogP contribution is -2.48. The van der Waals surface area contributed by atoms with Gasteiger partial charge in [-0.2, -0.15) is 0 Å². The summed E-state index contributed by atoms with van der Waals surface area (Å²) in [5.74, 6) is 3.44. The Hall–Kier alpha value is -1.48. The number of anilines is 1. The first-order chi connectivity index (χ1) is 11.6. The molecule has 24 heavy (non-hydrogen) atoms. The molecule has 1 heterocycles. The normalized spacial score (nSPS) is 34.0. The average Bonchev–Trinajstić information content (AvgIpc) is 2.93. The number of benzene rings is 1. The number of hydrogen-bond donors (Lipinski definition) is 1. The Morgan fingerprint density at radius 1 is 1.12 bits per heavy atom. The third-order valence-corrected chi connectivity index (χ3v) is 7.06. The molecule has 1 aromatic carbocycles. The lowest BCUT2D eigenvalue weighted by molar-refractivity contribution is -0.00519. The van der Waals surface area contributed by atoms with Crippen LogP contribution in [-0.4, -0.2) is 9.55 Å². The molecular formula is C20H24ClN3. The highest BCUT2D eigenvalue weighted by Gasteiger charge is 2.51. The number of aromatic nitrogens is 2. The Labute approximate surface area is 148 Å². The van der Waals surface area contributed by atoms with E-state index in [-0.39, 0.29) is 0 Å². The summed E-state index contributed by atoms with van der Waals surface area (Å²) >= 11 is 6.66. The van der Waals surface area contributed by atoms with E-state index < -0.39 is 0 Å². The second-order valence-corrected chi connectivity index (χ2v) is 8.88. The van der Waals surface area contributed by atoms with Gasteiger partial charge in [-0.3, -0.25) is 0 Å². The maximum atomic E-state index is 6.66. The fourth-order valence-corrected chi connectivity index (χ4v) is 6.37. The molecule has 0 radical (unpaired) electrons. The van der Waals surface area contributed by atoms with Gasteiger partial charge >= 0.3 is 0 Å². The third-order valence-electron chi connectivity index (χ3n) is 6.71. The average molecular weight is 342 g/mol. The molecule has 2 N–H and O–H groups in total. The Kier molecular flexibility index (Phi) is 3.25. The van der Waals surface area contributed by atoms with Crippen molar-refractivity contribution in [2.45, 2.75) is 50.5 Å². The molecule has 4 bridgehead atoms. The predicted molar refractivity (Wildman–Crippen MR) is 97.0 cm³/mol. The van der Waals surface area contributed by atoms with Crippen LogP contribution in [0.3, 0.4) is 0 Å². The summed E-state index contributed by atoms with van der Waals surface area (Å²) in [4.78, 5) is 4.08. The molecule has 6 rings (SSSR count). The maximum Gasteiger partial charge on any atom is 0.141 e. The largest absolute Gasteiger partial charge is 0.382 e. The lowest BCUT2D eigenvalue weighted by Gasteiger charge is -2.57. The van der Waals surface area contributed by atoms with Gasteiger partial charge in [0.05, 0.1) is 12.9 Å². The summed E-state index contributed by atoms with van der Waals surface area (Å²) in [6, 6.07) is 6.81. The van der Waals surface area contributed by atoms with Crippen LogP contribution < -0.4 is 5.73 Å². The van der Waals surface area contributed by atoms with Crippen molar-refractivity contribution in [3.05, 3.63) is 46.9 Å². The molecule has 0 unspecified atom stereocenters. The molecule has 4 aliphatic carbocycles. The van der Waals surface area contributed by atoms with Crippen LogP contribution >= 0.6 is 11.6 Å². The highest BCUT2D eigenvalue weighted by molar-refractivity contribution is 6.31. The van der Waals surface area contributed by atoms with Gasteiger partial charge in [0.15, 0.2) is 0 Å². The topological polar surface area (TPSA) is 43.8 Å². The molecule has 0 spiro atoms. The van der Waals surface area contributed by atoms with E-state index in [0.717, 1.165) is 34.9 Å². The summed E-state index contributed by atoms with van der Waals surface area (Å²) in [5.41, 5.74) is 8.74. The van der Waals surface area contributed by atoms with Crippen LogP contribution in [0, 0.1) is 17.8 Å². The molecule has 2 aromatic rings. The summed E-state index contributed by atoms with van der Waals surface area (Å²) in [7, 11) is 0. The minimum absolute atomic E-state index is 0.413. The summed E-state index contributed by atoms with van der Waals surface area (Å²) in [6.07, 6.45) is 12.2. The molecule has 0 aliphatic heterocycles. The van der Waals surface area contributed by atoms with Crippen LogP contribution in [0.25, 0.3) is 0 Å². The molecule has 1 aromatic heterocycles. The highest BCUT2D eigenvalue weighted by atomic mass is 35.5. The highest BCUT2D eigenvalue weighted by Crippen LogP contribution is 2.60. The van der Waals surface area contributed by atoms with Crippen LogP contribution in [-0.2, 0) is 12.0 Å². The monoisotopic (exact) mass is 341 g/mol. The molecule has 4 fully saturated rings. The van der Waals surface area contributed by atoms with E-state index in [9.17, 15) is 0 Å². The van der Waals surface area contributed by atoms with Crippen molar-refractivity contribution in [2.75, 3.05) is 5.73 Å². The second kappa shape index (κ2) is 5.26. The van der Waals surface area contributed by atoms with E-state index >= 15 is 0 Å². The van der Waals surface area contributed by atoms with Gasteiger partial charge in [-0.1, -0.05) is 23.7 Å². The van der Waals surface area contributed by atoms with Crippen molar-refractivity contribution >= 4 is 17.4 Å². The first kappa shape index (κ1) is 14.8. The minimum atomic E-state index is 0.413. The van der Waals surface area contributed by atoms with Gasteiger partial charge in [0.1, 0.15) is 5.82 Å². The number of nitrogens with two attached hydrogens (primary N) is 1. The zero-order chi connectivity index (χ0) is 16.3. The zero-order valence-corrected chi connectivity index (χ0v) is 14.7. The van der Waals surface area contributed by atoms with Crippen molar-refractivity contribution < 1.29 is 0 Å². The van der Waals surface area contributed by atoms with Crippen LogP contribution in [0.5, 0.6) is 0 Å². The molecule has 4 saturated carbocycles. The van der Waals surface area contributed by atoms with Gasteiger partial charge in [-0.05, 0) is 78.9 Å². The minimum Gasteiger partial charge on any atom is -0.382 e. The fraction of sp³-hybridized carbons (Fsp3) is 0.550. The fourth-order valence-electron chi connectivity index (χ4n) is 6.13. The van der Waals surface area contributed by atoms with Crippen molar-refractivity contribution in [3.63, 3.8) is 0 Å². The van der Waals surface area contributed by atoms with E-state index in [1.54, 1.807) is 6.33 Å². The van der Waals surface area contributed by atoms with Crippen LogP contribution in [0.4, 0.5) is 5.82 Å². The Morgan fingerprint density at radius 3 is 2.33 bits per heavy atom. The van der Waals surface area contributed by atoms with Gasteiger partial charge in [0.25, 0.3) is 0 Å². The molecule has 0 atom stereocenters. The second-order valence-electron chi connectivity index (χ2n) is 8.47. The van der Waals surface area contributed by atoms with Gasteiger partial charge < -0.3 is 10.3 Å². The van der Waals surface area contributed by atoms with E-state index in [1.807, 2.05) is 10.8 Å². The number of nitrogen functional groups attached to an aromatic ring is 1. The van der Waals surface area contributed by atoms with Crippen LogP contribution in [0.1, 0.15) is 49.7 Å². The quantitative estimate of drug-likeness (QED) is 0.884. The summed E-state index contributed by atoms with van der Waals surface area (Å²) < 4.78 is 1.99. The standard InChI is InChI=1S/C20H24ClN3/c21-18-6-17(2-1-16(18)10-24-11-19(22)23-12-24)20-7-13-3-14(8-20)5-15(4-13)9-20/h1-2,6,11-15H,3-5,7-10,22H2. The molecule has 126 valence electrons. The zero-order valence-electron chi connectivity index (χ0n) is 13.9. The molecule has 4 heteroatoms. The predicted octanol–water partition coefficient (Wildman–Crippen LogP) is 4.63. The molecular weight excluding hydrogens is 318 g/mol. The number of imidazole rings is 1. The first-order valence-electron chi connectivity index (χ1n) is 9.16. The Balaban J connectivity index is 1.44. The van der Waals surface area contributed by atoms with E-state index in [1.165, 1.54) is 44.1 Å². The van der Waals surface area contributed by atoms with E-state index in [0.29, 0.717) is 11.2 Å². The van der Waals surface area contributed by atoms with E-state index in [2.05, 4.69) is 23.2 Å². The van der Waals surface area contributed by atoms with Crippen molar-refractivity contribution in [3.8, 4) is 0 Å². The van der Waals surface area contributed by atoms with Crippen molar-refractivity contribution in [1.29, 1.82) is 0 Å².